The average molecular weight is 378 g/mol. The van der Waals surface area contributed by atoms with Gasteiger partial charge in [-0.2, -0.15) is 0 Å². The van der Waals surface area contributed by atoms with Gasteiger partial charge in [-0.25, -0.2) is 14.5 Å². The first-order valence-electron chi connectivity index (χ1n) is 6.29. The van der Waals surface area contributed by atoms with Gasteiger partial charge in [0, 0.05) is 65.5 Å². The first kappa shape index (κ1) is 22.4. The molecular weight excluding hydrogens is 365 g/mol. The monoisotopic (exact) mass is 378 g/mol. The second-order valence-corrected chi connectivity index (χ2v) is 6.01. The predicted molar refractivity (Wildman–Crippen MR) is 82.2 cm³/mol. The van der Waals surface area contributed by atoms with Gasteiger partial charge in [0.15, 0.2) is 11.2 Å². The average Bonchev–Trinajstić information content (AvgIpc) is 3.00. The van der Waals surface area contributed by atoms with E-state index in [2.05, 4.69) is 19.5 Å². The molecule has 122 valence electrons. The molecule has 24 heavy (non-hydrogen) atoms. The van der Waals surface area contributed by atoms with Crippen LogP contribution in [0.15, 0.2) is 17.4 Å². The number of phosphoric ester groups is 1. The Morgan fingerprint density at radius 3 is 2.79 bits per heavy atom. The summed E-state index contributed by atoms with van der Waals surface area (Å²) in [6.07, 6.45) is 0.182. The molecule has 2 aromatic heterocycles. The molecule has 4 N–H and O–H groups in total. The molecule has 14 heteroatoms. The van der Waals surface area contributed by atoms with Crippen LogP contribution in [0.5, 0.6) is 0 Å². The summed E-state index contributed by atoms with van der Waals surface area (Å²) in [6.45, 7) is -0.456. The molecule has 2 aromatic rings. The molecule has 0 spiro atoms. The minimum atomic E-state index is -4.64. The van der Waals surface area contributed by atoms with Crippen LogP contribution in [-0.2, 0) is 13.8 Å². The summed E-state index contributed by atoms with van der Waals surface area (Å²) in [4.78, 5) is 39.3. The van der Waals surface area contributed by atoms with Gasteiger partial charge in [-0.1, -0.05) is 0 Å². The number of fused-ring (bicyclic) bond motifs is 1. The van der Waals surface area contributed by atoms with E-state index in [9.17, 15) is 14.5 Å². The second kappa shape index (κ2) is 8.85. The molecule has 3 atom stereocenters. The zero-order valence-corrected chi connectivity index (χ0v) is 18.0. The summed E-state index contributed by atoms with van der Waals surface area (Å²) in [6, 6.07) is 0. The first-order chi connectivity index (χ1) is 10.3. The molecule has 0 unspecified atom stereocenters. The standard InChI is InChI=1S/C10H13N4O7P.2Na/c15-5-1-7(21-6(5)2-20-22(17,18)19)14-4-13-8-9(14)11-3-12-10(8)16;;/h3-7,15H,1-2H2,(H,11,12,16)(H2,17,18,19);;/t5-,6+,7+;;/m0../s1. The van der Waals surface area contributed by atoms with Crippen LogP contribution in [0.25, 0.3) is 11.2 Å². The number of phosphoric acid groups is 1. The molecule has 1 aliphatic heterocycles. The van der Waals surface area contributed by atoms with Crippen LogP contribution >= 0.6 is 7.82 Å². The van der Waals surface area contributed by atoms with Crippen molar-refractivity contribution in [2.75, 3.05) is 6.61 Å². The van der Waals surface area contributed by atoms with Crippen molar-refractivity contribution >= 4 is 78.1 Å². The Labute approximate surface area is 179 Å². The van der Waals surface area contributed by atoms with E-state index in [1.165, 1.54) is 17.2 Å². The van der Waals surface area contributed by atoms with E-state index in [-0.39, 0.29) is 76.7 Å². The Morgan fingerprint density at radius 2 is 2.12 bits per heavy atom. The fraction of sp³-hybridized carbons (Fsp3) is 0.500. The molecule has 1 aliphatic rings. The number of hydrogen-bond donors (Lipinski definition) is 4. The number of nitrogens with one attached hydrogen (secondary N) is 1. The molecular formula is C10H13N4Na2O7P. The van der Waals surface area contributed by atoms with Gasteiger partial charge in [0.2, 0.25) is 0 Å². The summed E-state index contributed by atoms with van der Waals surface area (Å²) in [5.41, 5.74) is 0.0247. The quantitative estimate of drug-likeness (QED) is 0.352. The summed E-state index contributed by atoms with van der Waals surface area (Å²) in [5, 5.41) is 9.90. The molecule has 11 nitrogen and oxygen atoms in total. The molecule has 3 rings (SSSR count). The van der Waals surface area contributed by atoms with Crippen LogP contribution in [0.2, 0.25) is 0 Å². The Balaban J connectivity index is 0.00000144. The van der Waals surface area contributed by atoms with Crippen LogP contribution < -0.4 is 5.56 Å². The topological polar surface area (TPSA) is 160 Å². The number of aromatic amines is 1. The maximum atomic E-state index is 11.6. The van der Waals surface area contributed by atoms with Gasteiger partial charge in [0.1, 0.15) is 12.3 Å². The van der Waals surface area contributed by atoms with E-state index in [0.717, 1.165) is 0 Å². The Morgan fingerprint density at radius 1 is 1.42 bits per heavy atom. The number of aliphatic hydroxyl groups is 1. The van der Waals surface area contributed by atoms with Gasteiger partial charge in [-0.3, -0.25) is 13.9 Å². The third-order valence-electron chi connectivity index (χ3n) is 3.29. The molecule has 0 saturated carbocycles. The zero-order chi connectivity index (χ0) is 15.9. The maximum absolute atomic E-state index is 11.6. The number of ether oxygens (including phenoxy) is 1. The van der Waals surface area contributed by atoms with E-state index in [0.29, 0.717) is 0 Å². The van der Waals surface area contributed by atoms with Crippen LogP contribution in [0.3, 0.4) is 0 Å². The van der Waals surface area contributed by atoms with E-state index in [1.54, 1.807) is 0 Å². The van der Waals surface area contributed by atoms with Gasteiger partial charge >= 0.3 is 7.82 Å². The number of aliphatic hydroxyl groups excluding tert-OH is 1. The largest absolute Gasteiger partial charge is 0.469 e. The second-order valence-electron chi connectivity index (χ2n) is 4.77. The summed E-state index contributed by atoms with van der Waals surface area (Å²) >= 11 is 0. The number of imidazole rings is 1. The van der Waals surface area contributed by atoms with Crippen LogP contribution in [0, 0.1) is 0 Å². The number of hydrogen-bond acceptors (Lipinski definition) is 7. The Bertz CT molecular complexity index is 793. The third kappa shape index (κ3) is 4.97. The Hall–Kier alpha value is 0.380. The molecule has 1 fully saturated rings. The van der Waals surface area contributed by atoms with Crippen molar-refractivity contribution in [1.82, 2.24) is 19.5 Å². The molecule has 0 aliphatic carbocycles. The van der Waals surface area contributed by atoms with Crippen LogP contribution in [-0.4, -0.2) is 112 Å². The van der Waals surface area contributed by atoms with Crippen LogP contribution in [0.4, 0.5) is 0 Å². The first-order valence-corrected chi connectivity index (χ1v) is 7.82. The van der Waals surface area contributed by atoms with Crippen molar-refractivity contribution in [3.63, 3.8) is 0 Å². The number of rotatable bonds is 4. The minimum Gasteiger partial charge on any atom is -0.390 e. The van der Waals surface area contributed by atoms with E-state index >= 15 is 0 Å². The number of nitrogens with zero attached hydrogens (tertiary/aromatic N) is 3. The van der Waals surface area contributed by atoms with Gasteiger partial charge < -0.3 is 24.6 Å². The fourth-order valence-electron chi connectivity index (χ4n) is 2.28. The van der Waals surface area contributed by atoms with Crippen molar-refractivity contribution in [2.45, 2.75) is 24.9 Å². The predicted octanol–water partition coefficient (Wildman–Crippen LogP) is -1.88. The van der Waals surface area contributed by atoms with Gasteiger partial charge in [-0.05, 0) is 0 Å². The molecule has 0 amide bonds. The third-order valence-corrected chi connectivity index (χ3v) is 3.77. The molecule has 0 aromatic carbocycles. The summed E-state index contributed by atoms with van der Waals surface area (Å²) in [7, 11) is -4.64. The minimum absolute atomic E-state index is 0. The van der Waals surface area contributed by atoms with E-state index in [1.807, 2.05) is 0 Å². The molecule has 3 heterocycles. The molecule has 1 saturated heterocycles. The van der Waals surface area contributed by atoms with Crippen molar-refractivity contribution in [3.05, 3.63) is 23.0 Å². The van der Waals surface area contributed by atoms with Crippen LogP contribution in [0.1, 0.15) is 12.6 Å². The molecule has 0 bridgehead atoms. The van der Waals surface area contributed by atoms with Gasteiger partial charge in [-0.15, -0.1) is 0 Å². The Kier molecular flexibility index (Phi) is 8.27. The van der Waals surface area contributed by atoms with Gasteiger partial charge in [0.05, 0.1) is 25.4 Å². The summed E-state index contributed by atoms with van der Waals surface area (Å²) < 4.78 is 22.0. The normalized spacial score (nSPS) is 23.7. The number of H-pyrrole nitrogens is 1. The van der Waals surface area contributed by atoms with E-state index in [4.69, 9.17) is 14.5 Å². The fourth-order valence-corrected chi connectivity index (χ4v) is 2.62. The zero-order valence-electron chi connectivity index (χ0n) is 13.1. The van der Waals surface area contributed by atoms with Crippen molar-refractivity contribution < 1.29 is 28.7 Å². The summed E-state index contributed by atoms with van der Waals surface area (Å²) in [5.74, 6) is 0. The SMILES string of the molecule is O=c1[nH]cnc2c1ncn2[C@H]1C[C@H](O)[C@@H](COP(=O)(O)O)O1.[Na].[Na]. The smallest absolute Gasteiger partial charge is 0.390 e. The van der Waals surface area contributed by atoms with Crippen molar-refractivity contribution in [2.24, 2.45) is 0 Å². The van der Waals surface area contributed by atoms with E-state index < -0.39 is 38.4 Å². The van der Waals surface area contributed by atoms with Crippen molar-refractivity contribution in [1.29, 1.82) is 0 Å². The van der Waals surface area contributed by atoms with Crippen molar-refractivity contribution in [3.8, 4) is 0 Å². The maximum Gasteiger partial charge on any atom is 0.469 e. The number of aromatic nitrogens is 4. The van der Waals surface area contributed by atoms with Gasteiger partial charge in [0.25, 0.3) is 5.56 Å². The molecule has 2 radical (unpaired) electrons.